The van der Waals surface area contributed by atoms with E-state index in [0.717, 1.165) is 16.9 Å². The Balaban J connectivity index is 2.20. The van der Waals surface area contributed by atoms with Crippen LogP contribution in [0.15, 0.2) is 53.4 Å². The maximum atomic E-state index is 10.3. The highest BCUT2D eigenvalue weighted by Gasteiger charge is 2.10. The van der Waals surface area contributed by atoms with Crippen LogP contribution in [0.1, 0.15) is 24.2 Å². The second-order valence-corrected chi connectivity index (χ2v) is 5.73. The van der Waals surface area contributed by atoms with Crippen molar-refractivity contribution in [3.05, 3.63) is 64.7 Å². The molecule has 0 heterocycles. The normalized spacial score (nSPS) is 12.4. The van der Waals surface area contributed by atoms with Gasteiger partial charge in [0.05, 0.1) is 0 Å². The van der Waals surface area contributed by atoms with Crippen molar-refractivity contribution < 1.29 is 5.11 Å². The number of aliphatic hydroxyl groups excluding tert-OH is 1. The van der Waals surface area contributed by atoms with Crippen molar-refractivity contribution in [3.8, 4) is 0 Å². The molecule has 0 unspecified atom stereocenters. The first-order valence-electron chi connectivity index (χ1n) is 5.87. The smallest absolute Gasteiger partial charge is 0.104 e. The van der Waals surface area contributed by atoms with Gasteiger partial charge in [-0.05, 0) is 41.1 Å². The summed E-state index contributed by atoms with van der Waals surface area (Å²) in [4.78, 5) is 1.22. The molecule has 0 saturated heterocycles. The Kier molecular flexibility index (Phi) is 4.70. The third kappa shape index (κ3) is 3.29. The number of benzene rings is 2. The maximum Gasteiger partial charge on any atom is 0.104 e. The average Bonchev–Trinajstić information content (AvgIpc) is 2.39. The van der Waals surface area contributed by atoms with E-state index in [4.69, 9.17) is 11.6 Å². The van der Waals surface area contributed by atoms with Gasteiger partial charge in [0.15, 0.2) is 0 Å². The molecule has 1 N–H and O–H groups in total. The Morgan fingerprint density at radius 3 is 2.44 bits per heavy atom. The molecule has 3 heteroatoms. The SMILES string of the molecule is CCSc1ccc([C@@H](O)c2cccc(Cl)c2)cc1. The van der Waals surface area contributed by atoms with Gasteiger partial charge < -0.3 is 5.11 Å². The van der Waals surface area contributed by atoms with Crippen LogP contribution in [0.2, 0.25) is 5.02 Å². The van der Waals surface area contributed by atoms with Crippen molar-refractivity contribution in [2.75, 3.05) is 5.75 Å². The molecule has 0 aliphatic carbocycles. The fourth-order valence-corrected chi connectivity index (χ4v) is 2.64. The second kappa shape index (κ2) is 6.28. The Bertz CT molecular complexity index is 510. The van der Waals surface area contributed by atoms with Crippen LogP contribution in [-0.2, 0) is 0 Å². The predicted molar refractivity (Wildman–Crippen MR) is 78.4 cm³/mol. The van der Waals surface area contributed by atoms with Crippen LogP contribution in [0.25, 0.3) is 0 Å². The highest BCUT2D eigenvalue weighted by Crippen LogP contribution is 2.26. The van der Waals surface area contributed by atoms with E-state index in [1.54, 1.807) is 23.9 Å². The molecule has 0 amide bonds. The molecular weight excluding hydrogens is 264 g/mol. The van der Waals surface area contributed by atoms with E-state index in [-0.39, 0.29) is 0 Å². The van der Waals surface area contributed by atoms with Gasteiger partial charge in [0.1, 0.15) is 6.10 Å². The molecule has 0 saturated carbocycles. The van der Waals surface area contributed by atoms with Crippen molar-refractivity contribution in [1.29, 1.82) is 0 Å². The molecule has 2 aromatic carbocycles. The fraction of sp³-hybridized carbons (Fsp3) is 0.200. The van der Waals surface area contributed by atoms with Crippen LogP contribution in [0.3, 0.4) is 0 Å². The Hall–Kier alpha value is -0.960. The highest BCUT2D eigenvalue weighted by molar-refractivity contribution is 7.99. The molecule has 18 heavy (non-hydrogen) atoms. The molecule has 0 fully saturated rings. The van der Waals surface area contributed by atoms with Crippen molar-refractivity contribution in [3.63, 3.8) is 0 Å². The van der Waals surface area contributed by atoms with E-state index in [1.807, 2.05) is 36.4 Å². The zero-order chi connectivity index (χ0) is 13.0. The molecule has 0 spiro atoms. The fourth-order valence-electron chi connectivity index (χ4n) is 1.78. The first-order valence-corrected chi connectivity index (χ1v) is 7.23. The standard InChI is InChI=1S/C15H15ClOS/c1-2-18-14-8-6-11(7-9-14)15(17)12-4-3-5-13(16)10-12/h3-10,15,17H,2H2,1H3/t15-/m1/s1. The molecule has 0 aliphatic rings. The Morgan fingerprint density at radius 2 is 1.83 bits per heavy atom. The molecule has 94 valence electrons. The Morgan fingerprint density at radius 1 is 1.11 bits per heavy atom. The van der Waals surface area contributed by atoms with Crippen LogP contribution >= 0.6 is 23.4 Å². The van der Waals surface area contributed by atoms with Crippen molar-refractivity contribution in [2.45, 2.75) is 17.9 Å². The number of halogens is 1. The number of rotatable bonds is 4. The zero-order valence-corrected chi connectivity index (χ0v) is 11.7. The molecular formula is C15H15ClOS. The minimum absolute atomic E-state index is 0.621. The van der Waals surface area contributed by atoms with Gasteiger partial charge in [0, 0.05) is 9.92 Å². The molecule has 1 atom stereocenters. The molecule has 0 bridgehead atoms. The third-order valence-corrected chi connectivity index (χ3v) is 3.80. The van der Waals surface area contributed by atoms with E-state index in [9.17, 15) is 5.11 Å². The van der Waals surface area contributed by atoms with Gasteiger partial charge in [-0.2, -0.15) is 0 Å². The largest absolute Gasteiger partial charge is 0.384 e. The maximum absolute atomic E-state index is 10.3. The minimum atomic E-state index is -0.621. The second-order valence-electron chi connectivity index (χ2n) is 3.96. The van der Waals surface area contributed by atoms with Gasteiger partial charge in [-0.25, -0.2) is 0 Å². The number of thioether (sulfide) groups is 1. The number of hydrogen-bond acceptors (Lipinski definition) is 2. The van der Waals surface area contributed by atoms with Crippen molar-refractivity contribution >= 4 is 23.4 Å². The highest BCUT2D eigenvalue weighted by atomic mass is 35.5. The van der Waals surface area contributed by atoms with E-state index in [0.29, 0.717) is 5.02 Å². The molecule has 1 nitrogen and oxygen atoms in total. The number of hydrogen-bond donors (Lipinski definition) is 1. The summed E-state index contributed by atoms with van der Waals surface area (Å²) in [6, 6.07) is 15.3. The van der Waals surface area contributed by atoms with Gasteiger partial charge in [-0.1, -0.05) is 42.8 Å². The van der Waals surface area contributed by atoms with E-state index >= 15 is 0 Å². The van der Waals surface area contributed by atoms with Crippen molar-refractivity contribution in [1.82, 2.24) is 0 Å². The van der Waals surface area contributed by atoms with Gasteiger partial charge in [0.25, 0.3) is 0 Å². The lowest BCUT2D eigenvalue weighted by atomic mass is 10.0. The minimum Gasteiger partial charge on any atom is -0.384 e. The van der Waals surface area contributed by atoms with Crippen LogP contribution < -0.4 is 0 Å². The average molecular weight is 279 g/mol. The molecule has 2 aromatic rings. The lowest BCUT2D eigenvalue weighted by Gasteiger charge is -2.12. The first kappa shape index (κ1) is 13.5. The van der Waals surface area contributed by atoms with E-state index in [2.05, 4.69) is 6.92 Å². The molecule has 2 rings (SSSR count). The summed E-state index contributed by atoms with van der Waals surface area (Å²) in [7, 11) is 0. The summed E-state index contributed by atoms with van der Waals surface area (Å²) in [5, 5.41) is 10.9. The molecule has 0 radical (unpaired) electrons. The van der Waals surface area contributed by atoms with Gasteiger partial charge >= 0.3 is 0 Å². The lowest BCUT2D eigenvalue weighted by molar-refractivity contribution is 0.220. The van der Waals surface area contributed by atoms with Gasteiger partial charge in [-0.3, -0.25) is 0 Å². The lowest BCUT2D eigenvalue weighted by Crippen LogP contribution is -1.99. The Labute approximate surface area is 117 Å². The van der Waals surface area contributed by atoms with Crippen molar-refractivity contribution in [2.24, 2.45) is 0 Å². The van der Waals surface area contributed by atoms with Crippen LogP contribution in [0.4, 0.5) is 0 Å². The monoisotopic (exact) mass is 278 g/mol. The summed E-state index contributed by atoms with van der Waals surface area (Å²) in [5.41, 5.74) is 1.70. The topological polar surface area (TPSA) is 20.2 Å². The van der Waals surface area contributed by atoms with Gasteiger partial charge in [0.2, 0.25) is 0 Å². The summed E-state index contributed by atoms with van der Waals surface area (Å²) in [6.45, 7) is 2.12. The van der Waals surface area contributed by atoms with Crippen LogP contribution in [0, 0.1) is 0 Å². The molecule has 0 aromatic heterocycles. The van der Waals surface area contributed by atoms with Gasteiger partial charge in [-0.15, -0.1) is 11.8 Å². The quantitative estimate of drug-likeness (QED) is 0.829. The first-order chi connectivity index (χ1) is 8.70. The van der Waals surface area contributed by atoms with E-state index in [1.165, 1.54) is 4.90 Å². The zero-order valence-electron chi connectivity index (χ0n) is 10.1. The summed E-state index contributed by atoms with van der Waals surface area (Å²) >= 11 is 7.72. The number of aliphatic hydroxyl groups is 1. The third-order valence-electron chi connectivity index (χ3n) is 2.67. The summed E-state index contributed by atoms with van der Waals surface area (Å²) < 4.78 is 0. The van der Waals surface area contributed by atoms with Crippen LogP contribution in [-0.4, -0.2) is 10.9 Å². The molecule has 0 aliphatic heterocycles. The summed E-state index contributed by atoms with van der Waals surface area (Å²) in [5.74, 6) is 1.05. The summed E-state index contributed by atoms with van der Waals surface area (Å²) in [6.07, 6.45) is -0.621. The predicted octanol–water partition coefficient (Wildman–Crippen LogP) is 4.53. The van der Waals surface area contributed by atoms with E-state index < -0.39 is 6.10 Å². The van der Waals surface area contributed by atoms with Crippen LogP contribution in [0.5, 0.6) is 0 Å².